The van der Waals surface area contributed by atoms with E-state index in [0.29, 0.717) is 17.9 Å². The standard InChI is InChI=1S/C14H13NO3/c1-2-18-12-8-4-3-6-10(12)11-7-5-9-15-13(11)14(16)17/h3-9H,2H2,1H3,(H,16,17). The maximum atomic E-state index is 11.2. The predicted octanol–water partition coefficient (Wildman–Crippen LogP) is 2.85. The third kappa shape index (κ3) is 2.32. The van der Waals surface area contributed by atoms with Crippen molar-refractivity contribution >= 4 is 5.97 Å². The van der Waals surface area contributed by atoms with Gasteiger partial charge in [0.15, 0.2) is 5.69 Å². The number of ether oxygens (including phenoxy) is 1. The van der Waals surface area contributed by atoms with E-state index >= 15 is 0 Å². The van der Waals surface area contributed by atoms with Gasteiger partial charge < -0.3 is 9.84 Å². The average Bonchev–Trinajstić information content (AvgIpc) is 2.40. The first kappa shape index (κ1) is 12.1. The smallest absolute Gasteiger partial charge is 0.355 e. The zero-order valence-electron chi connectivity index (χ0n) is 9.96. The summed E-state index contributed by atoms with van der Waals surface area (Å²) in [4.78, 5) is 15.1. The molecule has 0 atom stereocenters. The Bertz CT molecular complexity index is 566. The molecule has 0 amide bonds. The van der Waals surface area contributed by atoms with Gasteiger partial charge in [-0.2, -0.15) is 0 Å². The van der Waals surface area contributed by atoms with E-state index in [1.807, 2.05) is 31.2 Å². The minimum atomic E-state index is -1.04. The molecule has 4 heteroatoms. The van der Waals surface area contributed by atoms with E-state index in [2.05, 4.69) is 4.98 Å². The number of aromatic nitrogens is 1. The normalized spacial score (nSPS) is 10.1. The highest BCUT2D eigenvalue weighted by molar-refractivity contribution is 5.94. The van der Waals surface area contributed by atoms with Gasteiger partial charge in [0.25, 0.3) is 0 Å². The van der Waals surface area contributed by atoms with E-state index in [1.165, 1.54) is 6.20 Å². The topological polar surface area (TPSA) is 59.4 Å². The van der Waals surface area contributed by atoms with Crippen LogP contribution in [0.4, 0.5) is 0 Å². The summed E-state index contributed by atoms with van der Waals surface area (Å²) >= 11 is 0. The second-order valence-corrected chi connectivity index (χ2v) is 3.63. The number of carboxylic acid groups (broad SMARTS) is 1. The number of rotatable bonds is 4. The Morgan fingerprint density at radius 2 is 1.94 bits per heavy atom. The maximum absolute atomic E-state index is 11.2. The third-order valence-corrected chi connectivity index (χ3v) is 2.49. The highest BCUT2D eigenvalue weighted by Gasteiger charge is 2.15. The fraction of sp³-hybridized carbons (Fsp3) is 0.143. The van der Waals surface area contributed by atoms with E-state index < -0.39 is 5.97 Å². The van der Waals surface area contributed by atoms with Crippen molar-refractivity contribution in [1.29, 1.82) is 0 Å². The Morgan fingerprint density at radius 1 is 1.22 bits per heavy atom. The van der Waals surface area contributed by atoms with Crippen LogP contribution in [0.1, 0.15) is 17.4 Å². The van der Waals surface area contributed by atoms with Crippen LogP contribution in [-0.4, -0.2) is 22.7 Å². The molecule has 2 rings (SSSR count). The number of nitrogens with zero attached hydrogens (tertiary/aromatic N) is 1. The van der Waals surface area contributed by atoms with Crippen LogP contribution in [0.2, 0.25) is 0 Å². The van der Waals surface area contributed by atoms with Crippen LogP contribution in [0.25, 0.3) is 11.1 Å². The van der Waals surface area contributed by atoms with E-state index in [4.69, 9.17) is 9.84 Å². The molecule has 92 valence electrons. The molecule has 2 aromatic rings. The number of hydrogen-bond acceptors (Lipinski definition) is 3. The van der Waals surface area contributed by atoms with Gasteiger partial charge in [-0.3, -0.25) is 0 Å². The third-order valence-electron chi connectivity index (χ3n) is 2.49. The Labute approximate surface area is 105 Å². The Hall–Kier alpha value is -2.36. The molecular weight excluding hydrogens is 230 g/mol. The largest absolute Gasteiger partial charge is 0.493 e. The lowest BCUT2D eigenvalue weighted by Gasteiger charge is -2.11. The van der Waals surface area contributed by atoms with Crippen molar-refractivity contribution < 1.29 is 14.6 Å². The van der Waals surface area contributed by atoms with Crippen molar-refractivity contribution in [2.45, 2.75) is 6.92 Å². The van der Waals surface area contributed by atoms with Crippen molar-refractivity contribution in [3.63, 3.8) is 0 Å². The van der Waals surface area contributed by atoms with Gasteiger partial charge in [-0.15, -0.1) is 0 Å². The fourth-order valence-corrected chi connectivity index (χ4v) is 1.76. The molecule has 0 aliphatic heterocycles. The molecule has 0 saturated heterocycles. The summed E-state index contributed by atoms with van der Waals surface area (Å²) in [7, 11) is 0. The SMILES string of the molecule is CCOc1ccccc1-c1cccnc1C(=O)O. The summed E-state index contributed by atoms with van der Waals surface area (Å²) in [5.41, 5.74) is 1.34. The summed E-state index contributed by atoms with van der Waals surface area (Å²) in [5, 5.41) is 9.14. The Morgan fingerprint density at radius 3 is 2.67 bits per heavy atom. The second kappa shape index (κ2) is 5.31. The van der Waals surface area contributed by atoms with Crippen LogP contribution in [0.15, 0.2) is 42.6 Å². The first-order valence-corrected chi connectivity index (χ1v) is 5.64. The summed E-state index contributed by atoms with van der Waals surface area (Å²) in [6, 6.07) is 10.8. The highest BCUT2D eigenvalue weighted by atomic mass is 16.5. The van der Waals surface area contributed by atoms with Gasteiger partial charge >= 0.3 is 5.97 Å². The van der Waals surface area contributed by atoms with E-state index in [9.17, 15) is 4.79 Å². The summed E-state index contributed by atoms with van der Waals surface area (Å²) in [6.07, 6.45) is 1.47. The van der Waals surface area contributed by atoms with Gasteiger partial charge in [-0.25, -0.2) is 9.78 Å². The molecule has 0 aliphatic rings. The Kier molecular flexibility index (Phi) is 3.57. The molecule has 0 aliphatic carbocycles. The monoisotopic (exact) mass is 243 g/mol. The maximum Gasteiger partial charge on any atom is 0.355 e. The molecule has 4 nitrogen and oxygen atoms in total. The van der Waals surface area contributed by atoms with Crippen LogP contribution in [-0.2, 0) is 0 Å². The lowest BCUT2D eigenvalue weighted by atomic mass is 10.0. The van der Waals surface area contributed by atoms with E-state index in [0.717, 1.165) is 5.56 Å². The van der Waals surface area contributed by atoms with Crippen LogP contribution in [0.3, 0.4) is 0 Å². The van der Waals surface area contributed by atoms with Crippen LogP contribution in [0, 0.1) is 0 Å². The zero-order valence-corrected chi connectivity index (χ0v) is 9.96. The molecule has 1 heterocycles. The minimum Gasteiger partial charge on any atom is -0.493 e. The van der Waals surface area contributed by atoms with E-state index in [1.54, 1.807) is 12.1 Å². The second-order valence-electron chi connectivity index (χ2n) is 3.63. The number of para-hydroxylation sites is 1. The first-order chi connectivity index (χ1) is 8.74. The van der Waals surface area contributed by atoms with Crippen molar-refractivity contribution in [3.05, 3.63) is 48.3 Å². The van der Waals surface area contributed by atoms with Gasteiger partial charge in [0, 0.05) is 17.3 Å². The molecule has 0 unspecified atom stereocenters. The lowest BCUT2D eigenvalue weighted by molar-refractivity contribution is 0.0691. The number of carbonyl (C=O) groups is 1. The average molecular weight is 243 g/mol. The van der Waals surface area contributed by atoms with Gasteiger partial charge in [0.05, 0.1) is 6.61 Å². The molecule has 0 radical (unpaired) electrons. The van der Waals surface area contributed by atoms with Crippen molar-refractivity contribution in [1.82, 2.24) is 4.98 Å². The van der Waals surface area contributed by atoms with Crippen molar-refractivity contribution in [3.8, 4) is 16.9 Å². The number of aromatic carboxylic acids is 1. The van der Waals surface area contributed by atoms with Crippen molar-refractivity contribution in [2.75, 3.05) is 6.61 Å². The zero-order chi connectivity index (χ0) is 13.0. The number of hydrogen-bond donors (Lipinski definition) is 1. The highest BCUT2D eigenvalue weighted by Crippen LogP contribution is 2.31. The Balaban J connectivity index is 2.58. The van der Waals surface area contributed by atoms with Crippen LogP contribution >= 0.6 is 0 Å². The summed E-state index contributed by atoms with van der Waals surface area (Å²) in [5.74, 6) is -0.382. The first-order valence-electron chi connectivity index (χ1n) is 5.64. The van der Waals surface area contributed by atoms with Crippen LogP contribution in [0.5, 0.6) is 5.75 Å². The molecule has 0 spiro atoms. The molecule has 0 saturated carbocycles. The minimum absolute atomic E-state index is 0.0321. The molecule has 1 aromatic carbocycles. The van der Waals surface area contributed by atoms with Gasteiger partial charge in [0.1, 0.15) is 5.75 Å². The number of carboxylic acids is 1. The molecule has 0 bridgehead atoms. The summed E-state index contributed by atoms with van der Waals surface area (Å²) < 4.78 is 5.51. The fourth-order valence-electron chi connectivity index (χ4n) is 1.76. The molecular formula is C14H13NO3. The molecule has 0 fully saturated rings. The van der Waals surface area contributed by atoms with Gasteiger partial charge in [-0.05, 0) is 19.1 Å². The predicted molar refractivity (Wildman–Crippen MR) is 67.8 cm³/mol. The van der Waals surface area contributed by atoms with Gasteiger partial charge in [0.2, 0.25) is 0 Å². The van der Waals surface area contributed by atoms with E-state index in [-0.39, 0.29) is 5.69 Å². The lowest BCUT2D eigenvalue weighted by Crippen LogP contribution is -2.03. The molecule has 1 N–H and O–H groups in total. The molecule has 1 aromatic heterocycles. The molecule has 18 heavy (non-hydrogen) atoms. The van der Waals surface area contributed by atoms with Gasteiger partial charge in [-0.1, -0.05) is 24.3 Å². The summed E-state index contributed by atoms with van der Waals surface area (Å²) in [6.45, 7) is 2.41. The number of benzene rings is 1. The van der Waals surface area contributed by atoms with Crippen LogP contribution < -0.4 is 4.74 Å². The van der Waals surface area contributed by atoms with Crippen molar-refractivity contribution in [2.24, 2.45) is 0 Å². The quantitative estimate of drug-likeness (QED) is 0.897. The number of pyridine rings is 1.